The van der Waals surface area contributed by atoms with Crippen LogP contribution >= 0.6 is 0 Å². The molecule has 0 aliphatic rings. The number of carboxylic acids is 1. The minimum atomic E-state index is -8.05. The number of hydrogen-bond acceptors (Lipinski definition) is 3. The Hall–Kier alpha value is -1.57. The third kappa shape index (κ3) is 7.48. The van der Waals surface area contributed by atoms with E-state index in [4.69, 9.17) is 5.11 Å². The van der Waals surface area contributed by atoms with E-state index in [0.717, 1.165) is 0 Å². The molecule has 2 N–H and O–H groups in total. The third-order valence-electron chi connectivity index (χ3n) is 4.88. The van der Waals surface area contributed by atoms with E-state index in [1.165, 1.54) is 0 Å². The molecule has 0 aromatic rings. The number of nitrogens with zero attached hydrogens (tertiary/aromatic N) is 1. The van der Waals surface area contributed by atoms with Crippen molar-refractivity contribution >= 4 is 16.0 Å². The zero-order chi connectivity index (χ0) is 29.2. The van der Waals surface area contributed by atoms with Crippen LogP contribution in [0.2, 0.25) is 0 Å². The van der Waals surface area contributed by atoms with Gasteiger partial charge >= 0.3 is 41.8 Å². The number of hydrogen-bond donors (Lipinski definition) is 2. The molecule has 0 spiro atoms. The van der Waals surface area contributed by atoms with Crippen molar-refractivity contribution in [2.75, 3.05) is 39.5 Å². The fourth-order valence-electron chi connectivity index (χ4n) is 2.54. The lowest BCUT2D eigenvalue weighted by molar-refractivity contribution is -0.889. The summed E-state index contributed by atoms with van der Waals surface area (Å²) in [7, 11) is -1.90. The molecule has 0 aromatic carbocycles. The standard InChI is InChI=1S/C16H21F13N2O4S/c1-31(2,8-4-10(32)33)7-3-6-30-36(34,35)9-5-11(17,18)12(19,20)13(21,22)14(23,24)15(25,26)16(27,28)29/h30H,3-9H2,1-2H3/p+1. The van der Waals surface area contributed by atoms with Crippen LogP contribution in [-0.2, 0) is 14.8 Å². The summed E-state index contributed by atoms with van der Waals surface area (Å²) in [5.74, 6) is -41.2. The van der Waals surface area contributed by atoms with Gasteiger partial charge in [-0.05, 0) is 0 Å². The minimum absolute atomic E-state index is 0.0458. The second-order valence-electron chi connectivity index (χ2n) is 8.34. The van der Waals surface area contributed by atoms with Gasteiger partial charge in [-0.1, -0.05) is 0 Å². The Balaban J connectivity index is 5.39. The van der Waals surface area contributed by atoms with Crippen LogP contribution in [0, 0.1) is 0 Å². The maximum atomic E-state index is 13.7. The first-order chi connectivity index (χ1) is 15.6. The lowest BCUT2D eigenvalue weighted by Gasteiger charge is -2.39. The van der Waals surface area contributed by atoms with Crippen molar-refractivity contribution in [3.8, 4) is 0 Å². The maximum Gasteiger partial charge on any atom is 0.460 e. The van der Waals surface area contributed by atoms with Crippen LogP contribution in [0.25, 0.3) is 0 Å². The van der Waals surface area contributed by atoms with E-state index in [-0.39, 0.29) is 30.4 Å². The van der Waals surface area contributed by atoms with E-state index in [0.29, 0.717) is 0 Å². The molecular weight excluding hydrogens is 563 g/mol. The summed E-state index contributed by atoms with van der Waals surface area (Å²) >= 11 is 0. The molecule has 0 aliphatic carbocycles. The molecule has 0 radical (unpaired) electrons. The summed E-state index contributed by atoms with van der Waals surface area (Å²) in [4.78, 5) is 10.5. The predicted molar refractivity (Wildman–Crippen MR) is 95.9 cm³/mol. The summed E-state index contributed by atoms with van der Waals surface area (Å²) in [5.41, 5.74) is 0. The van der Waals surface area contributed by atoms with Gasteiger partial charge in [-0.25, -0.2) is 13.1 Å². The largest absolute Gasteiger partial charge is 0.481 e. The lowest BCUT2D eigenvalue weighted by atomic mass is 9.93. The van der Waals surface area contributed by atoms with Gasteiger partial charge in [0.2, 0.25) is 10.0 Å². The molecule has 0 amide bonds. The number of sulfonamides is 1. The van der Waals surface area contributed by atoms with Gasteiger partial charge in [-0.3, -0.25) is 4.79 Å². The molecule has 6 nitrogen and oxygen atoms in total. The Bertz CT molecular complexity index is 874. The van der Waals surface area contributed by atoms with Crippen LogP contribution < -0.4 is 4.72 Å². The molecular formula is C16H22F13N2O4S+. The van der Waals surface area contributed by atoms with Crippen LogP contribution in [0.1, 0.15) is 19.3 Å². The minimum Gasteiger partial charge on any atom is -0.481 e. The Kier molecular flexibility index (Phi) is 10.2. The number of nitrogens with one attached hydrogen (secondary N) is 1. The Morgan fingerprint density at radius 1 is 0.778 bits per heavy atom. The van der Waals surface area contributed by atoms with Crippen molar-refractivity contribution < 1.29 is 79.9 Å². The monoisotopic (exact) mass is 585 g/mol. The average molecular weight is 585 g/mol. The lowest BCUT2D eigenvalue weighted by Crippen LogP contribution is -2.70. The molecule has 0 saturated heterocycles. The Labute approximate surface area is 196 Å². The number of rotatable bonds is 15. The van der Waals surface area contributed by atoms with E-state index in [9.17, 15) is 70.3 Å². The molecule has 216 valence electrons. The molecule has 0 bridgehead atoms. The molecule has 0 aromatic heterocycles. The topological polar surface area (TPSA) is 83.5 Å². The van der Waals surface area contributed by atoms with Crippen LogP contribution in [0.4, 0.5) is 57.1 Å². The van der Waals surface area contributed by atoms with Crippen molar-refractivity contribution in [2.45, 2.75) is 55.1 Å². The summed E-state index contributed by atoms with van der Waals surface area (Å²) < 4.78 is 195. The van der Waals surface area contributed by atoms with Crippen LogP contribution in [0.15, 0.2) is 0 Å². The third-order valence-corrected chi connectivity index (χ3v) is 6.26. The van der Waals surface area contributed by atoms with E-state index in [1.807, 2.05) is 0 Å². The highest BCUT2D eigenvalue weighted by Crippen LogP contribution is 2.60. The molecule has 0 rings (SSSR count). The normalized spacial score (nSPS) is 15.3. The van der Waals surface area contributed by atoms with Crippen molar-refractivity contribution in [3.63, 3.8) is 0 Å². The van der Waals surface area contributed by atoms with Gasteiger partial charge in [0.05, 0.1) is 39.4 Å². The molecule has 20 heteroatoms. The maximum absolute atomic E-state index is 13.7. The molecule has 0 fully saturated rings. The van der Waals surface area contributed by atoms with Crippen molar-refractivity contribution in [2.24, 2.45) is 0 Å². The smallest absolute Gasteiger partial charge is 0.460 e. The van der Waals surface area contributed by atoms with Gasteiger partial charge in [0.1, 0.15) is 0 Å². The zero-order valence-electron chi connectivity index (χ0n) is 18.4. The molecule has 0 saturated carbocycles. The number of halogens is 13. The number of carbonyl (C=O) groups is 1. The number of aliphatic carboxylic acids is 1. The fourth-order valence-corrected chi connectivity index (χ4v) is 3.66. The quantitative estimate of drug-likeness (QED) is 0.173. The summed E-state index contributed by atoms with van der Waals surface area (Å²) in [5, 5.41) is 8.62. The van der Waals surface area contributed by atoms with Gasteiger partial charge < -0.3 is 9.59 Å². The van der Waals surface area contributed by atoms with Crippen LogP contribution in [0.5, 0.6) is 0 Å². The molecule has 36 heavy (non-hydrogen) atoms. The SMILES string of the molecule is C[N+](C)(CCCNS(=O)(=O)CCC(F)(F)C(F)(F)C(F)(F)C(F)(F)C(F)(F)C(F)(F)F)CCC(=O)O. The fraction of sp³-hybridized carbons (Fsp3) is 0.938. The van der Waals surface area contributed by atoms with Crippen LogP contribution in [-0.4, -0.2) is 99.2 Å². The van der Waals surface area contributed by atoms with Gasteiger partial charge in [0.25, 0.3) is 0 Å². The summed E-state index contributed by atoms with van der Waals surface area (Å²) in [6.45, 7) is -0.348. The highest BCUT2D eigenvalue weighted by molar-refractivity contribution is 7.89. The van der Waals surface area contributed by atoms with E-state index >= 15 is 0 Å². The molecule has 0 aliphatic heterocycles. The number of alkyl halides is 13. The van der Waals surface area contributed by atoms with Gasteiger partial charge in [-0.2, -0.15) is 57.1 Å². The van der Waals surface area contributed by atoms with Gasteiger partial charge in [0.15, 0.2) is 0 Å². The zero-order valence-corrected chi connectivity index (χ0v) is 19.2. The van der Waals surface area contributed by atoms with Crippen molar-refractivity contribution in [3.05, 3.63) is 0 Å². The first-order valence-corrected chi connectivity index (χ1v) is 11.2. The second-order valence-corrected chi connectivity index (χ2v) is 10.3. The van der Waals surface area contributed by atoms with E-state index < -0.39 is 70.5 Å². The van der Waals surface area contributed by atoms with Gasteiger partial charge in [-0.15, -0.1) is 0 Å². The average Bonchev–Trinajstić information content (AvgIpc) is 2.67. The second kappa shape index (κ2) is 10.7. The van der Waals surface area contributed by atoms with Crippen LogP contribution in [0.3, 0.4) is 0 Å². The summed E-state index contributed by atoms with van der Waals surface area (Å²) in [6.07, 6.45) is -10.7. The van der Waals surface area contributed by atoms with Crippen molar-refractivity contribution in [1.29, 1.82) is 0 Å². The highest BCUT2D eigenvalue weighted by Gasteiger charge is 2.90. The molecule has 0 atom stereocenters. The predicted octanol–water partition coefficient (Wildman–Crippen LogP) is 3.98. The summed E-state index contributed by atoms with van der Waals surface area (Å²) in [6, 6.07) is 0. The Morgan fingerprint density at radius 3 is 1.64 bits per heavy atom. The number of quaternary nitrogens is 1. The highest BCUT2D eigenvalue weighted by atomic mass is 32.2. The van der Waals surface area contributed by atoms with E-state index in [2.05, 4.69) is 0 Å². The Morgan fingerprint density at radius 2 is 1.22 bits per heavy atom. The number of carboxylic acid groups (broad SMARTS) is 1. The first kappa shape index (κ1) is 34.4. The first-order valence-electron chi connectivity index (χ1n) is 9.55. The molecule has 0 heterocycles. The van der Waals surface area contributed by atoms with E-state index in [1.54, 1.807) is 18.8 Å². The van der Waals surface area contributed by atoms with Gasteiger partial charge in [0, 0.05) is 19.4 Å². The molecule has 0 unspecified atom stereocenters. The van der Waals surface area contributed by atoms with Crippen molar-refractivity contribution in [1.82, 2.24) is 4.72 Å².